The van der Waals surface area contributed by atoms with Crippen molar-refractivity contribution in [3.05, 3.63) is 0 Å². The molecule has 0 heterocycles. The molecule has 4 heteroatoms. The molecular weight excluding hydrogens is 275 g/mol. The van der Waals surface area contributed by atoms with Crippen LogP contribution < -0.4 is 0 Å². The monoisotopic (exact) mass is 306 g/mol. The summed E-state index contributed by atoms with van der Waals surface area (Å²) < 4.78 is 18.3. The molecule has 120 valence electrons. The van der Waals surface area contributed by atoms with E-state index in [1.54, 1.807) is 11.8 Å². The molecule has 0 aliphatic heterocycles. The smallest absolute Gasteiger partial charge is 0.319 e. The second-order valence-corrected chi connectivity index (χ2v) is 6.48. The molecule has 0 spiro atoms. The number of rotatable bonds is 13. The summed E-state index contributed by atoms with van der Waals surface area (Å²) in [5.74, 6) is 0.855. The lowest BCUT2D eigenvalue weighted by molar-refractivity contribution is -0.143. The Morgan fingerprint density at radius 1 is 1.10 bits per heavy atom. The van der Waals surface area contributed by atoms with Crippen molar-refractivity contribution in [2.24, 2.45) is 0 Å². The molecule has 0 aromatic rings. The Bertz CT molecular complexity index is 237. The van der Waals surface area contributed by atoms with Gasteiger partial charge in [0.15, 0.2) is 0 Å². The third kappa shape index (κ3) is 10.5. The van der Waals surface area contributed by atoms with Gasteiger partial charge < -0.3 is 4.74 Å². The molecule has 0 aliphatic carbocycles. The van der Waals surface area contributed by atoms with Gasteiger partial charge in [0.25, 0.3) is 0 Å². The van der Waals surface area contributed by atoms with Crippen molar-refractivity contribution in [1.82, 2.24) is 0 Å². The predicted octanol–water partition coefficient (Wildman–Crippen LogP) is 5.15. The molecule has 0 N–H and O–H groups in total. The number of unbranched alkanes of at least 4 members (excludes halogenated alkanes) is 2. The van der Waals surface area contributed by atoms with Crippen LogP contribution in [0.4, 0.5) is 4.39 Å². The number of thioether (sulfide) groups is 1. The van der Waals surface area contributed by atoms with E-state index in [9.17, 15) is 9.18 Å². The SMILES string of the molecule is CCCCC(SCCCCC(F)CC)C(=O)OCCC. The number of carbonyl (C=O) groups is 1. The first-order valence-electron chi connectivity index (χ1n) is 8.07. The van der Waals surface area contributed by atoms with Crippen LogP contribution in [0.15, 0.2) is 0 Å². The van der Waals surface area contributed by atoms with Gasteiger partial charge in [0, 0.05) is 0 Å². The Labute approximate surface area is 128 Å². The Morgan fingerprint density at radius 3 is 2.45 bits per heavy atom. The van der Waals surface area contributed by atoms with Gasteiger partial charge in [0.1, 0.15) is 5.25 Å². The highest BCUT2D eigenvalue weighted by Crippen LogP contribution is 2.21. The highest BCUT2D eigenvalue weighted by molar-refractivity contribution is 8.00. The van der Waals surface area contributed by atoms with Crippen molar-refractivity contribution in [2.45, 2.75) is 83.6 Å². The predicted molar refractivity (Wildman–Crippen MR) is 86.1 cm³/mol. The quantitative estimate of drug-likeness (QED) is 0.348. The van der Waals surface area contributed by atoms with E-state index in [4.69, 9.17) is 4.74 Å². The molecule has 0 fully saturated rings. The maximum Gasteiger partial charge on any atom is 0.319 e. The van der Waals surface area contributed by atoms with E-state index in [0.29, 0.717) is 19.4 Å². The Kier molecular flexibility index (Phi) is 13.5. The van der Waals surface area contributed by atoms with Crippen molar-refractivity contribution < 1.29 is 13.9 Å². The third-order valence-corrected chi connectivity index (χ3v) is 4.56. The molecule has 0 rings (SSSR count). The Hall–Kier alpha value is -0.250. The van der Waals surface area contributed by atoms with E-state index in [1.807, 2.05) is 13.8 Å². The molecule has 0 saturated carbocycles. The van der Waals surface area contributed by atoms with Gasteiger partial charge in [-0.15, -0.1) is 11.8 Å². The second-order valence-electron chi connectivity index (χ2n) is 5.17. The summed E-state index contributed by atoms with van der Waals surface area (Å²) in [4.78, 5) is 11.9. The molecule has 0 radical (unpaired) electrons. The summed E-state index contributed by atoms with van der Waals surface area (Å²) in [7, 11) is 0. The van der Waals surface area contributed by atoms with Crippen molar-refractivity contribution in [2.75, 3.05) is 12.4 Å². The molecule has 0 saturated heterocycles. The fraction of sp³-hybridized carbons (Fsp3) is 0.938. The fourth-order valence-electron chi connectivity index (χ4n) is 1.85. The molecule has 0 aromatic carbocycles. The van der Waals surface area contributed by atoms with Crippen molar-refractivity contribution in [3.63, 3.8) is 0 Å². The summed E-state index contributed by atoms with van der Waals surface area (Å²) in [5, 5.41) is -0.0335. The van der Waals surface area contributed by atoms with Crippen LogP contribution in [0.5, 0.6) is 0 Å². The second kappa shape index (κ2) is 13.7. The first-order chi connectivity index (χ1) is 9.65. The molecule has 2 atom stereocenters. The zero-order valence-corrected chi connectivity index (χ0v) is 14.1. The maximum absolute atomic E-state index is 13.1. The highest BCUT2D eigenvalue weighted by Gasteiger charge is 2.19. The molecular formula is C16H31FO2S. The number of carbonyl (C=O) groups excluding carboxylic acids is 1. The lowest BCUT2D eigenvalue weighted by Gasteiger charge is -2.15. The largest absolute Gasteiger partial charge is 0.465 e. The number of halogens is 1. The van der Waals surface area contributed by atoms with Crippen LogP contribution in [-0.2, 0) is 9.53 Å². The zero-order valence-electron chi connectivity index (χ0n) is 13.3. The number of ether oxygens (including phenoxy) is 1. The highest BCUT2D eigenvalue weighted by atomic mass is 32.2. The van der Waals surface area contributed by atoms with E-state index in [-0.39, 0.29) is 11.2 Å². The Balaban J connectivity index is 3.88. The number of alkyl halides is 1. The summed E-state index contributed by atoms with van der Waals surface area (Å²) in [6.45, 7) is 6.53. The van der Waals surface area contributed by atoms with Gasteiger partial charge in [0.05, 0.1) is 12.8 Å². The zero-order chi connectivity index (χ0) is 15.2. The van der Waals surface area contributed by atoms with Crippen molar-refractivity contribution >= 4 is 17.7 Å². The van der Waals surface area contributed by atoms with E-state index in [0.717, 1.165) is 44.3 Å². The van der Waals surface area contributed by atoms with Gasteiger partial charge in [-0.25, -0.2) is 4.39 Å². The minimum atomic E-state index is -0.662. The van der Waals surface area contributed by atoms with E-state index < -0.39 is 6.17 Å². The van der Waals surface area contributed by atoms with Gasteiger partial charge in [-0.1, -0.05) is 33.6 Å². The summed E-state index contributed by atoms with van der Waals surface area (Å²) in [5.41, 5.74) is 0. The lowest BCUT2D eigenvalue weighted by atomic mass is 10.1. The van der Waals surface area contributed by atoms with Crippen molar-refractivity contribution in [3.8, 4) is 0 Å². The maximum atomic E-state index is 13.1. The van der Waals surface area contributed by atoms with E-state index >= 15 is 0 Å². The molecule has 0 aliphatic rings. The van der Waals surface area contributed by atoms with Crippen LogP contribution in [0.3, 0.4) is 0 Å². The lowest BCUT2D eigenvalue weighted by Crippen LogP contribution is -2.21. The van der Waals surface area contributed by atoms with Crippen LogP contribution in [0, 0.1) is 0 Å². The number of hydrogen-bond acceptors (Lipinski definition) is 3. The first kappa shape index (κ1) is 19.8. The summed E-state index contributed by atoms with van der Waals surface area (Å²) in [6, 6.07) is 0. The molecule has 2 unspecified atom stereocenters. The molecule has 0 aromatic heterocycles. The van der Waals surface area contributed by atoms with Gasteiger partial charge >= 0.3 is 5.97 Å². The minimum absolute atomic E-state index is 0.0335. The third-order valence-electron chi connectivity index (χ3n) is 3.20. The van der Waals surface area contributed by atoms with Crippen LogP contribution in [-0.4, -0.2) is 29.8 Å². The average molecular weight is 306 g/mol. The molecule has 0 bridgehead atoms. The Morgan fingerprint density at radius 2 is 1.85 bits per heavy atom. The minimum Gasteiger partial charge on any atom is -0.465 e. The van der Waals surface area contributed by atoms with Gasteiger partial charge in [-0.2, -0.15) is 0 Å². The van der Waals surface area contributed by atoms with Crippen LogP contribution in [0.2, 0.25) is 0 Å². The summed E-state index contributed by atoms with van der Waals surface area (Å²) in [6.07, 6.45) is 6.40. The van der Waals surface area contributed by atoms with Gasteiger partial charge in [0.2, 0.25) is 0 Å². The van der Waals surface area contributed by atoms with Crippen LogP contribution in [0.25, 0.3) is 0 Å². The van der Waals surface area contributed by atoms with Gasteiger partial charge in [-0.05, 0) is 44.3 Å². The van der Waals surface area contributed by atoms with Gasteiger partial charge in [-0.3, -0.25) is 4.79 Å². The molecule has 0 amide bonds. The van der Waals surface area contributed by atoms with Crippen LogP contribution >= 0.6 is 11.8 Å². The van der Waals surface area contributed by atoms with Crippen LogP contribution in [0.1, 0.15) is 72.1 Å². The van der Waals surface area contributed by atoms with Crippen molar-refractivity contribution in [1.29, 1.82) is 0 Å². The molecule has 2 nitrogen and oxygen atoms in total. The average Bonchev–Trinajstić information content (AvgIpc) is 2.47. The topological polar surface area (TPSA) is 26.3 Å². The van der Waals surface area contributed by atoms with E-state index in [1.165, 1.54) is 0 Å². The normalized spacial score (nSPS) is 14.0. The number of hydrogen-bond donors (Lipinski definition) is 0. The number of esters is 1. The summed E-state index contributed by atoms with van der Waals surface area (Å²) >= 11 is 1.68. The fourth-order valence-corrected chi connectivity index (χ4v) is 3.04. The van der Waals surface area contributed by atoms with E-state index in [2.05, 4.69) is 6.92 Å². The first-order valence-corrected chi connectivity index (χ1v) is 9.12. The standard InChI is InChI=1S/C16H31FO2S/c1-4-7-11-15(16(18)19-12-5-2)20-13-9-8-10-14(17)6-3/h14-15H,4-13H2,1-3H3. The molecule has 20 heavy (non-hydrogen) atoms.